The molecule has 0 fully saturated rings. The molecule has 0 heterocycles. The van der Waals surface area contributed by atoms with Crippen LogP contribution in [-0.4, -0.2) is 16.0 Å². The highest BCUT2D eigenvalue weighted by molar-refractivity contribution is 5.82. The number of carboxylic acids is 1. The molecule has 0 unspecified atom stereocenters. The van der Waals surface area contributed by atoms with Crippen LogP contribution in [-0.2, 0) is 10.2 Å². The number of carbonyl (C=O) groups is 1. The molecule has 6 heteroatoms. The van der Waals surface area contributed by atoms with Crippen molar-refractivity contribution in [2.24, 2.45) is 0 Å². The fourth-order valence-corrected chi connectivity index (χ4v) is 1.30. The summed E-state index contributed by atoms with van der Waals surface area (Å²) in [5.41, 5.74) is -1.98. The van der Waals surface area contributed by atoms with Crippen molar-refractivity contribution in [2.75, 3.05) is 0 Å². The molecule has 1 N–H and O–H groups in total. The first kappa shape index (κ1) is 12.1. The van der Waals surface area contributed by atoms with Crippen LogP contribution in [0.1, 0.15) is 19.4 Å². The topological polar surface area (TPSA) is 80.4 Å². The van der Waals surface area contributed by atoms with Crippen LogP contribution in [0.15, 0.2) is 18.2 Å². The second-order valence-corrected chi connectivity index (χ2v) is 3.85. The van der Waals surface area contributed by atoms with Crippen LogP contribution in [0.4, 0.5) is 10.1 Å². The molecular formula is C10H10FNO4. The van der Waals surface area contributed by atoms with Gasteiger partial charge in [-0.2, -0.15) is 0 Å². The zero-order valence-electron chi connectivity index (χ0n) is 8.73. The van der Waals surface area contributed by atoms with Crippen LogP contribution >= 0.6 is 0 Å². The van der Waals surface area contributed by atoms with Gasteiger partial charge in [-0.25, -0.2) is 4.39 Å². The van der Waals surface area contributed by atoms with Gasteiger partial charge in [0.25, 0.3) is 5.69 Å². The minimum absolute atomic E-state index is 0.0219. The molecule has 0 radical (unpaired) electrons. The van der Waals surface area contributed by atoms with Gasteiger partial charge in [0.2, 0.25) is 0 Å². The summed E-state index contributed by atoms with van der Waals surface area (Å²) in [6.07, 6.45) is 0. The number of nitro benzene ring substituents is 1. The molecule has 16 heavy (non-hydrogen) atoms. The van der Waals surface area contributed by atoms with Gasteiger partial charge >= 0.3 is 5.97 Å². The second-order valence-electron chi connectivity index (χ2n) is 3.85. The summed E-state index contributed by atoms with van der Waals surface area (Å²) < 4.78 is 12.8. The molecule has 0 saturated carbocycles. The molecule has 1 aromatic rings. The first-order chi connectivity index (χ1) is 7.26. The summed E-state index contributed by atoms with van der Waals surface area (Å²) >= 11 is 0. The number of aliphatic carboxylic acids is 1. The third kappa shape index (κ3) is 2.00. The van der Waals surface area contributed by atoms with Crippen LogP contribution in [0, 0.1) is 15.9 Å². The molecule has 86 valence electrons. The lowest BCUT2D eigenvalue weighted by Crippen LogP contribution is -2.29. The normalized spacial score (nSPS) is 11.2. The Morgan fingerprint density at radius 2 is 2.06 bits per heavy atom. The van der Waals surface area contributed by atoms with Crippen molar-refractivity contribution < 1.29 is 19.2 Å². The summed E-state index contributed by atoms with van der Waals surface area (Å²) in [5.74, 6) is -1.97. The maximum atomic E-state index is 12.8. The second kappa shape index (κ2) is 3.88. The molecule has 1 rings (SSSR count). The number of carboxylic acid groups (broad SMARTS) is 1. The van der Waals surface area contributed by atoms with E-state index in [1.807, 2.05) is 0 Å². The maximum Gasteiger partial charge on any atom is 0.313 e. The predicted molar refractivity (Wildman–Crippen MR) is 53.7 cm³/mol. The van der Waals surface area contributed by atoms with Gasteiger partial charge in [0, 0.05) is 5.56 Å². The third-order valence-electron chi connectivity index (χ3n) is 2.36. The molecule has 5 nitrogen and oxygen atoms in total. The predicted octanol–water partition coefficient (Wildman–Crippen LogP) is 2.10. The van der Waals surface area contributed by atoms with E-state index in [0.29, 0.717) is 0 Å². The summed E-state index contributed by atoms with van der Waals surface area (Å²) in [4.78, 5) is 20.9. The zero-order valence-corrected chi connectivity index (χ0v) is 8.73. The summed E-state index contributed by atoms with van der Waals surface area (Å²) in [6.45, 7) is 2.66. The summed E-state index contributed by atoms with van der Waals surface area (Å²) in [6, 6.07) is 2.86. The first-order valence-electron chi connectivity index (χ1n) is 4.44. The van der Waals surface area contributed by atoms with Crippen molar-refractivity contribution in [1.82, 2.24) is 0 Å². The van der Waals surface area contributed by atoms with Gasteiger partial charge in [0.1, 0.15) is 5.82 Å². The Kier molecular flexibility index (Phi) is 2.93. The highest BCUT2D eigenvalue weighted by Gasteiger charge is 2.35. The van der Waals surface area contributed by atoms with E-state index in [1.165, 1.54) is 13.8 Å². The molecule has 0 bridgehead atoms. The Morgan fingerprint density at radius 3 is 2.50 bits per heavy atom. The van der Waals surface area contributed by atoms with Crippen LogP contribution in [0.5, 0.6) is 0 Å². The van der Waals surface area contributed by atoms with Crippen LogP contribution < -0.4 is 0 Å². The van der Waals surface area contributed by atoms with Crippen LogP contribution in [0.25, 0.3) is 0 Å². The Bertz CT molecular complexity index is 456. The average Bonchev–Trinajstić information content (AvgIpc) is 2.16. The highest BCUT2D eigenvalue weighted by Crippen LogP contribution is 2.32. The Hall–Kier alpha value is -1.98. The lowest BCUT2D eigenvalue weighted by molar-refractivity contribution is -0.386. The van der Waals surface area contributed by atoms with E-state index >= 15 is 0 Å². The van der Waals surface area contributed by atoms with E-state index in [1.54, 1.807) is 0 Å². The number of nitro groups is 1. The summed E-state index contributed by atoms with van der Waals surface area (Å²) in [7, 11) is 0. The van der Waals surface area contributed by atoms with Gasteiger partial charge in [-0.1, -0.05) is 0 Å². The standard InChI is InChI=1S/C10H10FNO4/c1-10(2,9(13)14)7-4-3-6(11)5-8(7)12(15)16/h3-5H,1-2H3,(H,13,14). The Morgan fingerprint density at radius 1 is 1.50 bits per heavy atom. The molecule has 0 spiro atoms. The van der Waals surface area contributed by atoms with Gasteiger partial charge in [-0.05, 0) is 26.0 Å². The molecule has 0 aromatic heterocycles. The fraction of sp³-hybridized carbons (Fsp3) is 0.300. The number of rotatable bonds is 3. The molecule has 0 amide bonds. The van der Waals surface area contributed by atoms with E-state index < -0.39 is 27.8 Å². The van der Waals surface area contributed by atoms with Gasteiger partial charge in [-0.15, -0.1) is 0 Å². The molecule has 0 aliphatic carbocycles. The third-order valence-corrected chi connectivity index (χ3v) is 2.36. The number of hydrogen-bond donors (Lipinski definition) is 1. The monoisotopic (exact) mass is 227 g/mol. The van der Waals surface area contributed by atoms with Gasteiger partial charge in [0.05, 0.1) is 16.4 Å². The molecule has 0 aliphatic rings. The minimum atomic E-state index is -1.43. The van der Waals surface area contributed by atoms with Crippen molar-refractivity contribution in [1.29, 1.82) is 0 Å². The number of nitrogens with zero attached hydrogens (tertiary/aromatic N) is 1. The van der Waals surface area contributed by atoms with Crippen molar-refractivity contribution in [3.05, 3.63) is 39.7 Å². The molecule has 1 aromatic carbocycles. The number of halogens is 1. The van der Waals surface area contributed by atoms with Crippen molar-refractivity contribution in [3.8, 4) is 0 Å². The largest absolute Gasteiger partial charge is 0.481 e. The van der Waals surface area contributed by atoms with E-state index in [2.05, 4.69) is 0 Å². The van der Waals surface area contributed by atoms with Crippen molar-refractivity contribution in [3.63, 3.8) is 0 Å². The fourth-order valence-electron chi connectivity index (χ4n) is 1.30. The first-order valence-corrected chi connectivity index (χ1v) is 4.44. The molecular weight excluding hydrogens is 217 g/mol. The number of benzene rings is 1. The van der Waals surface area contributed by atoms with E-state index in [0.717, 1.165) is 18.2 Å². The lowest BCUT2D eigenvalue weighted by Gasteiger charge is -2.19. The summed E-state index contributed by atoms with van der Waals surface area (Å²) in [5, 5.41) is 19.6. The smallest absolute Gasteiger partial charge is 0.313 e. The quantitative estimate of drug-likeness (QED) is 0.633. The van der Waals surface area contributed by atoms with Crippen molar-refractivity contribution >= 4 is 11.7 Å². The lowest BCUT2D eigenvalue weighted by atomic mass is 9.83. The molecule has 0 saturated heterocycles. The molecule has 0 aliphatic heterocycles. The van der Waals surface area contributed by atoms with E-state index in [4.69, 9.17) is 5.11 Å². The van der Waals surface area contributed by atoms with Crippen molar-refractivity contribution in [2.45, 2.75) is 19.3 Å². The Labute approximate surface area is 90.7 Å². The SMILES string of the molecule is CC(C)(C(=O)O)c1ccc(F)cc1[N+](=O)[O-]. The maximum absolute atomic E-state index is 12.8. The zero-order chi connectivity index (χ0) is 12.5. The van der Waals surface area contributed by atoms with Gasteiger partial charge < -0.3 is 5.11 Å². The van der Waals surface area contributed by atoms with Crippen LogP contribution in [0.3, 0.4) is 0 Å². The van der Waals surface area contributed by atoms with Crippen LogP contribution in [0.2, 0.25) is 0 Å². The number of hydrogen-bond acceptors (Lipinski definition) is 3. The van der Waals surface area contributed by atoms with E-state index in [9.17, 15) is 19.3 Å². The Balaban J connectivity index is 3.45. The van der Waals surface area contributed by atoms with Gasteiger partial charge in [-0.3, -0.25) is 14.9 Å². The minimum Gasteiger partial charge on any atom is -0.481 e. The van der Waals surface area contributed by atoms with Gasteiger partial charge in [0.15, 0.2) is 0 Å². The highest BCUT2D eigenvalue weighted by atomic mass is 19.1. The molecule has 0 atom stereocenters. The average molecular weight is 227 g/mol. The van der Waals surface area contributed by atoms with E-state index in [-0.39, 0.29) is 5.56 Å².